The maximum Gasteiger partial charge on any atom is 0.306 e. The Kier molecular flexibility index (Phi) is 3.53. The molecule has 0 amide bonds. The van der Waals surface area contributed by atoms with Crippen molar-refractivity contribution in [3.05, 3.63) is 0 Å². The van der Waals surface area contributed by atoms with E-state index in [1.54, 1.807) is 0 Å². The highest BCUT2D eigenvalue weighted by atomic mass is 16.4. The van der Waals surface area contributed by atoms with Crippen LogP contribution in [-0.2, 0) is 4.79 Å². The minimum atomic E-state index is -0.608. The first-order chi connectivity index (χ1) is 7.65. The molecule has 0 spiro atoms. The molecular formula is C13H23NO2. The average Bonchev–Trinajstić information content (AvgIpc) is 3.07. The van der Waals surface area contributed by atoms with E-state index in [2.05, 4.69) is 12.2 Å². The standard InChI is InChI=1S/C13H23NO2/c1-2-13(6-7-13)9-14-11-5-3-4-10(8-11)12(15)16/h10-11,14H,2-9H2,1H3,(H,15,16). The van der Waals surface area contributed by atoms with Crippen molar-refractivity contribution in [1.29, 1.82) is 0 Å². The molecule has 16 heavy (non-hydrogen) atoms. The fourth-order valence-electron chi connectivity index (χ4n) is 2.79. The Hall–Kier alpha value is -0.570. The van der Waals surface area contributed by atoms with E-state index in [9.17, 15) is 4.79 Å². The van der Waals surface area contributed by atoms with Crippen LogP contribution < -0.4 is 5.32 Å². The van der Waals surface area contributed by atoms with Gasteiger partial charge in [-0.05, 0) is 43.9 Å². The van der Waals surface area contributed by atoms with Gasteiger partial charge in [-0.3, -0.25) is 4.79 Å². The van der Waals surface area contributed by atoms with Crippen LogP contribution in [-0.4, -0.2) is 23.7 Å². The summed E-state index contributed by atoms with van der Waals surface area (Å²) in [6, 6.07) is 0.443. The van der Waals surface area contributed by atoms with Gasteiger partial charge in [0.25, 0.3) is 0 Å². The highest BCUT2D eigenvalue weighted by Crippen LogP contribution is 2.48. The second-order valence-corrected chi connectivity index (χ2v) is 5.63. The molecule has 0 radical (unpaired) electrons. The van der Waals surface area contributed by atoms with Crippen LogP contribution in [0.3, 0.4) is 0 Å². The summed E-state index contributed by atoms with van der Waals surface area (Å²) in [5, 5.41) is 12.6. The predicted molar refractivity (Wildman–Crippen MR) is 63.3 cm³/mol. The van der Waals surface area contributed by atoms with Crippen LogP contribution in [0.15, 0.2) is 0 Å². The molecule has 0 bridgehead atoms. The van der Waals surface area contributed by atoms with Crippen molar-refractivity contribution in [3.8, 4) is 0 Å². The summed E-state index contributed by atoms with van der Waals surface area (Å²) in [5.74, 6) is -0.717. The molecule has 0 aliphatic heterocycles. The van der Waals surface area contributed by atoms with Gasteiger partial charge in [-0.15, -0.1) is 0 Å². The number of aliphatic carboxylic acids is 1. The molecule has 0 aromatic rings. The van der Waals surface area contributed by atoms with E-state index < -0.39 is 5.97 Å². The van der Waals surface area contributed by atoms with E-state index in [4.69, 9.17) is 5.11 Å². The summed E-state index contributed by atoms with van der Waals surface area (Å²) in [7, 11) is 0. The Labute approximate surface area is 97.6 Å². The summed E-state index contributed by atoms with van der Waals surface area (Å²) >= 11 is 0. The lowest BCUT2D eigenvalue weighted by Crippen LogP contribution is -2.39. The molecule has 0 aromatic heterocycles. The van der Waals surface area contributed by atoms with E-state index in [-0.39, 0.29) is 5.92 Å². The maximum atomic E-state index is 10.9. The van der Waals surface area contributed by atoms with Crippen molar-refractivity contribution >= 4 is 5.97 Å². The predicted octanol–water partition coefficient (Wildman–Crippen LogP) is 2.41. The Morgan fingerprint density at radius 3 is 2.75 bits per heavy atom. The normalized spacial score (nSPS) is 32.3. The monoisotopic (exact) mass is 225 g/mol. The Balaban J connectivity index is 1.75. The van der Waals surface area contributed by atoms with Crippen LogP contribution in [0.1, 0.15) is 51.9 Å². The zero-order valence-electron chi connectivity index (χ0n) is 10.2. The molecule has 2 fully saturated rings. The van der Waals surface area contributed by atoms with Crippen LogP contribution in [0.2, 0.25) is 0 Å². The number of carboxylic acids is 1. The molecule has 2 saturated carbocycles. The fourth-order valence-corrected chi connectivity index (χ4v) is 2.79. The molecule has 0 saturated heterocycles. The minimum Gasteiger partial charge on any atom is -0.481 e. The molecule has 3 heteroatoms. The van der Waals surface area contributed by atoms with Gasteiger partial charge in [0.2, 0.25) is 0 Å². The van der Waals surface area contributed by atoms with E-state index in [1.165, 1.54) is 19.3 Å². The first-order valence-corrected chi connectivity index (χ1v) is 6.61. The zero-order valence-corrected chi connectivity index (χ0v) is 10.2. The average molecular weight is 225 g/mol. The highest BCUT2D eigenvalue weighted by molar-refractivity contribution is 5.70. The fraction of sp³-hybridized carbons (Fsp3) is 0.923. The maximum absolute atomic E-state index is 10.9. The third kappa shape index (κ3) is 2.76. The molecule has 0 aromatic carbocycles. The van der Waals surface area contributed by atoms with Gasteiger partial charge in [0.15, 0.2) is 0 Å². The van der Waals surface area contributed by atoms with Gasteiger partial charge in [-0.1, -0.05) is 13.3 Å². The SMILES string of the molecule is CCC1(CNC2CCCC(C(=O)O)C2)CC1. The highest BCUT2D eigenvalue weighted by Gasteiger charge is 2.40. The van der Waals surface area contributed by atoms with Crippen molar-refractivity contribution in [2.24, 2.45) is 11.3 Å². The van der Waals surface area contributed by atoms with Crippen LogP contribution in [0.4, 0.5) is 0 Å². The van der Waals surface area contributed by atoms with E-state index >= 15 is 0 Å². The van der Waals surface area contributed by atoms with Crippen molar-refractivity contribution in [1.82, 2.24) is 5.32 Å². The number of carboxylic acid groups (broad SMARTS) is 1. The molecule has 2 aliphatic carbocycles. The molecule has 3 nitrogen and oxygen atoms in total. The van der Waals surface area contributed by atoms with Gasteiger partial charge in [0.05, 0.1) is 5.92 Å². The van der Waals surface area contributed by atoms with Gasteiger partial charge in [0.1, 0.15) is 0 Å². The van der Waals surface area contributed by atoms with Crippen molar-refractivity contribution in [3.63, 3.8) is 0 Å². The Morgan fingerprint density at radius 2 is 2.19 bits per heavy atom. The largest absolute Gasteiger partial charge is 0.481 e. The van der Waals surface area contributed by atoms with Crippen molar-refractivity contribution < 1.29 is 9.90 Å². The van der Waals surface area contributed by atoms with Gasteiger partial charge in [0, 0.05) is 12.6 Å². The lowest BCUT2D eigenvalue weighted by atomic mass is 9.85. The Bertz CT molecular complexity index is 261. The third-order valence-corrected chi connectivity index (χ3v) is 4.50. The number of nitrogens with one attached hydrogen (secondary N) is 1. The number of rotatable bonds is 5. The molecule has 2 aliphatic rings. The van der Waals surface area contributed by atoms with Crippen LogP contribution in [0, 0.1) is 11.3 Å². The second kappa shape index (κ2) is 4.74. The summed E-state index contributed by atoms with van der Waals surface area (Å²) in [4.78, 5) is 10.9. The van der Waals surface area contributed by atoms with E-state index in [0.717, 1.165) is 32.2 Å². The van der Waals surface area contributed by atoms with Crippen LogP contribution in [0.25, 0.3) is 0 Å². The molecule has 0 heterocycles. The smallest absolute Gasteiger partial charge is 0.306 e. The molecule has 2 atom stereocenters. The van der Waals surface area contributed by atoms with Crippen LogP contribution >= 0.6 is 0 Å². The molecular weight excluding hydrogens is 202 g/mol. The lowest BCUT2D eigenvalue weighted by molar-refractivity contribution is -0.143. The van der Waals surface area contributed by atoms with E-state index in [1.807, 2.05) is 0 Å². The summed E-state index contributed by atoms with van der Waals surface area (Å²) in [5.41, 5.74) is 0.566. The second-order valence-electron chi connectivity index (χ2n) is 5.63. The summed E-state index contributed by atoms with van der Waals surface area (Å²) < 4.78 is 0. The minimum absolute atomic E-state index is 0.108. The third-order valence-electron chi connectivity index (χ3n) is 4.50. The zero-order chi connectivity index (χ0) is 11.6. The van der Waals surface area contributed by atoms with Gasteiger partial charge < -0.3 is 10.4 Å². The van der Waals surface area contributed by atoms with Crippen molar-refractivity contribution in [2.45, 2.75) is 57.9 Å². The first-order valence-electron chi connectivity index (χ1n) is 6.61. The van der Waals surface area contributed by atoms with E-state index in [0.29, 0.717) is 11.5 Å². The Morgan fingerprint density at radius 1 is 1.44 bits per heavy atom. The first kappa shape index (κ1) is 11.9. The van der Waals surface area contributed by atoms with Gasteiger partial charge in [-0.25, -0.2) is 0 Å². The van der Waals surface area contributed by atoms with Gasteiger partial charge >= 0.3 is 5.97 Å². The molecule has 2 unspecified atom stereocenters. The molecule has 2 N–H and O–H groups in total. The van der Waals surface area contributed by atoms with Gasteiger partial charge in [-0.2, -0.15) is 0 Å². The molecule has 92 valence electrons. The summed E-state index contributed by atoms with van der Waals surface area (Å²) in [6.07, 6.45) is 7.88. The topological polar surface area (TPSA) is 49.3 Å². The number of hydrogen-bond donors (Lipinski definition) is 2. The number of carbonyl (C=O) groups is 1. The molecule has 2 rings (SSSR count). The number of hydrogen-bond acceptors (Lipinski definition) is 2. The van der Waals surface area contributed by atoms with Crippen LogP contribution in [0.5, 0.6) is 0 Å². The lowest BCUT2D eigenvalue weighted by Gasteiger charge is -2.29. The quantitative estimate of drug-likeness (QED) is 0.755. The van der Waals surface area contributed by atoms with Crippen molar-refractivity contribution in [2.75, 3.05) is 6.54 Å². The summed E-state index contributed by atoms with van der Waals surface area (Å²) in [6.45, 7) is 3.36.